The Balaban J connectivity index is 1.49. The lowest BCUT2D eigenvalue weighted by molar-refractivity contribution is 0.0540. The third-order valence-corrected chi connectivity index (χ3v) is 8.10. The fraction of sp³-hybridized carbons (Fsp3) is 0.231. The molecule has 1 aromatic carbocycles. The van der Waals surface area contributed by atoms with Gasteiger partial charge in [0.05, 0.1) is 31.8 Å². The van der Waals surface area contributed by atoms with Crippen LogP contribution in [-0.4, -0.2) is 40.6 Å². The summed E-state index contributed by atoms with van der Waals surface area (Å²) in [6.45, 7) is 2.10. The van der Waals surface area contributed by atoms with Gasteiger partial charge in [-0.15, -0.1) is 34.0 Å². The zero-order valence-electron chi connectivity index (χ0n) is 18.6. The predicted octanol–water partition coefficient (Wildman–Crippen LogP) is 7.43. The lowest BCUT2D eigenvalue weighted by Gasteiger charge is -2.11. The Morgan fingerprint density at radius 1 is 0.758 bits per heavy atom. The minimum absolute atomic E-state index is 0.458. The van der Waals surface area contributed by atoms with Gasteiger partial charge in [-0.2, -0.15) is 0 Å². The highest BCUT2D eigenvalue weighted by Gasteiger charge is 2.12. The van der Waals surface area contributed by atoms with Gasteiger partial charge in [-0.25, -0.2) is 0 Å². The maximum Gasteiger partial charge on any atom is 0.161 e. The first-order valence-corrected chi connectivity index (χ1v) is 13.1. The highest BCUT2D eigenvalue weighted by molar-refractivity contribution is 7.26. The lowest BCUT2D eigenvalue weighted by atomic mass is 10.1. The molecule has 0 bridgehead atoms. The van der Waals surface area contributed by atoms with Gasteiger partial charge in [0.15, 0.2) is 11.5 Å². The van der Waals surface area contributed by atoms with Crippen LogP contribution >= 0.6 is 34.0 Å². The normalized spacial score (nSPS) is 11.3. The minimum atomic E-state index is 0.458. The molecule has 0 saturated carbocycles. The zero-order chi connectivity index (χ0) is 22.9. The first kappa shape index (κ1) is 23.7. The van der Waals surface area contributed by atoms with E-state index in [4.69, 9.17) is 18.9 Å². The molecule has 3 aromatic heterocycles. The van der Waals surface area contributed by atoms with Crippen LogP contribution in [0.25, 0.3) is 31.7 Å². The van der Waals surface area contributed by atoms with Crippen molar-refractivity contribution in [3.8, 4) is 31.0 Å². The van der Waals surface area contributed by atoms with Crippen LogP contribution < -0.4 is 9.47 Å². The average molecular weight is 499 g/mol. The maximum atomic E-state index is 5.83. The van der Waals surface area contributed by atoms with Crippen molar-refractivity contribution in [2.24, 2.45) is 0 Å². The van der Waals surface area contributed by atoms with Gasteiger partial charge in [-0.05, 0) is 52.2 Å². The standard InChI is InChI=1S/C26H26O4S3/c1-27-11-12-29-13-14-30-21-10-8-19(17-22(21)28-2)7-9-20-18-25(23-5-3-15-31-23)33-26(20)24-6-4-16-32-24/h3-10,15-18H,11-14H2,1-2H3/b9-7+. The van der Waals surface area contributed by atoms with Crippen LogP contribution in [0.1, 0.15) is 11.1 Å². The van der Waals surface area contributed by atoms with Crippen molar-refractivity contribution >= 4 is 46.2 Å². The quantitative estimate of drug-likeness (QED) is 0.190. The molecule has 4 aromatic rings. The number of methoxy groups -OCH3 is 2. The van der Waals surface area contributed by atoms with E-state index in [9.17, 15) is 0 Å². The highest BCUT2D eigenvalue weighted by Crippen LogP contribution is 2.42. The van der Waals surface area contributed by atoms with Crippen LogP contribution in [0.15, 0.2) is 59.3 Å². The van der Waals surface area contributed by atoms with Gasteiger partial charge in [0.25, 0.3) is 0 Å². The van der Waals surface area contributed by atoms with E-state index in [1.54, 1.807) is 36.9 Å². The summed E-state index contributed by atoms with van der Waals surface area (Å²) in [7, 11) is 3.32. The Hall–Kier alpha value is -2.42. The summed E-state index contributed by atoms with van der Waals surface area (Å²) >= 11 is 5.38. The van der Waals surface area contributed by atoms with Gasteiger partial charge in [0.2, 0.25) is 0 Å². The average Bonchev–Trinajstić information content (AvgIpc) is 3.61. The van der Waals surface area contributed by atoms with Gasteiger partial charge in [-0.3, -0.25) is 0 Å². The molecule has 4 rings (SSSR count). The predicted molar refractivity (Wildman–Crippen MR) is 141 cm³/mol. The van der Waals surface area contributed by atoms with Gasteiger partial charge in [0, 0.05) is 21.7 Å². The number of hydrogen-bond acceptors (Lipinski definition) is 7. The van der Waals surface area contributed by atoms with Crippen molar-refractivity contribution in [2.75, 3.05) is 40.6 Å². The Bertz CT molecular complexity index is 1140. The van der Waals surface area contributed by atoms with Crippen LogP contribution in [0.3, 0.4) is 0 Å². The van der Waals surface area contributed by atoms with Gasteiger partial charge >= 0.3 is 0 Å². The number of hydrogen-bond donors (Lipinski definition) is 0. The summed E-state index contributed by atoms with van der Waals surface area (Å²) in [6.07, 6.45) is 4.30. The molecule has 0 N–H and O–H groups in total. The van der Waals surface area contributed by atoms with Crippen LogP contribution in [0.4, 0.5) is 0 Å². The fourth-order valence-corrected chi connectivity index (χ4v) is 6.07. The molecule has 0 unspecified atom stereocenters. The Morgan fingerprint density at radius 2 is 1.55 bits per heavy atom. The van der Waals surface area contributed by atoms with Gasteiger partial charge in [0.1, 0.15) is 6.61 Å². The summed E-state index contributed by atoms with van der Waals surface area (Å²) < 4.78 is 21.8. The Kier molecular flexibility index (Phi) is 8.74. The van der Waals surface area contributed by atoms with E-state index >= 15 is 0 Å². The summed E-state index contributed by atoms with van der Waals surface area (Å²) in [6, 6.07) is 16.8. The van der Waals surface area contributed by atoms with E-state index in [2.05, 4.69) is 53.2 Å². The summed E-state index contributed by atoms with van der Waals surface area (Å²) in [5.41, 5.74) is 2.27. The first-order chi connectivity index (χ1) is 16.3. The molecule has 0 fully saturated rings. The second-order valence-corrected chi connectivity index (χ2v) is 9.99. The maximum absolute atomic E-state index is 5.83. The molecule has 0 amide bonds. The molecular formula is C26H26O4S3. The first-order valence-electron chi connectivity index (χ1n) is 10.6. The van der Waals surface area contributed by atoms with Crippen molar-refractivity contribution < 1.29 is 18.9 Å². The van der Waals surface area contributed by atoms with E-state index in [1.165, 1.54) is 25.1 Å². The van der Waals surface area contributed by atoms with Crippen LogP contribution in [0.2, 0.25) is 0 Å². The SMILES string of the molecule is COCCOCCOc1ccc(/C=C/c2cc(-c3cccs3)sc2-c2cccs2)cc1OC. The zero-order valence-corrected chi connectivity index (χ0v) is 21.1. The molecule has 0 aliphatic carbocycles. The number of ether oxygens (including phenoxy) is 4. The second kappa shape index (κ2) is 12.2. The van der Waals surface area contributed by atoms with E-state index in [1.807, 2.05) is 29.5 Å². The molecule has 7 heteroatoms. The molecule has 0 aliphatic heterocycles. The van der Waals surface area contributed by atoms with Crippen molar-refractivity contribution in [1.82, 2.24) is 0 Å². The topological polar surface area (TPSA) is 36.9 Å². The van der Waals surface area contributed by atoms with Crippen molar-refractivity contribution in [2.45, 2.75) is 0 Å². The molecule has 0 saturated heterocycles. The summed E-state index contributed by atoms with van der Waals surface area (Å²) in [4.78, 5) is 5.18. The summed E-state index contributed by atoms with van der Waals surface area (Å²) in [5.74, 6) is 1.41. The van der Waals surface area contributed by atoms with E-state index in [0.29, 0.717) is 37.9 Å². The molecule has 0 aliphatic rings. The number of thiophene rings is 3. The van der Waals surface area contributed by atoms with Crippen LogP contribution in [-0.2, 0) is 9.47 Å². The molecule has 33 heavy (non-hydrogen) atoms. The molecular weight excluding hydrogens is 472 g/mol. The third kappa shape index (κ3) is 6.34. The number of benzene rings is 1. The minimum Gasteiger partial charge on any atom is -0.493 e. The second-order valence-electron chi connectivity index (χ2n) is 7.05. The largest absolute Gasteiger partial charge is 0.493 e. The third-order valence-electron chi connectivity index (χ3n) is 4.83. The van der Waals surface area contributed by atoms with E-state index in [0.717, 1.165) is 5.56 Å². The molecule has 172 valence electrons. The molecule has 0 radical (unpaired) electrons. The molecule has 4 nitrogen and oxygen atoms in total. The number of rotatable bonds is 12. The Morgan fingerprint density at radius 3 is 2.27 bits per heavy atom. The van der Waals surface area contributed by atoms with E-state index in [-0.39, 0.29) is 0 Å². The van der Waals surface area contributed by atoms with Gasteiger partial charge < -0.3 is 18.9 Å². The van der Waals surface area contributed by atoms with Crippen molar-refractivity contribution in [1.29, 1.82) is 0 Å². The summed E-state index contributed by atoms with van der Waals surface area (Å²) in [5, 5.41) is 4.25. The Labute approximate surface area is 206 Å². The van der Waals surface area contributed by atoms with Crippen molar-refractivity contribution in [3.05, 3.63) is 70.4 Å². The van der Waals surface area contributed by atoms with Crippen LogP contribution in [0, 0.1) is 0 Å². The highest BCUT2D eigenvalue weighted by atomic mass is 32.1. The fourth-order valence-electron chi connectivity index (χ4n) is 3.22. The van der Waals surface area contributed by atoms with Crippen molar-refractivity contribution in [3.63, 3.8) is 0 Å². The monoisotopic (exact) mass is 498 g/mol. The molecule has 0 spiro atoms. The lowest BCUT2D eigenvalue weighted by Crippen LogP contribution is -2.10. The molecule has 3 heterocycles. The smallest absolute Gasteiger partial charge is 0.161 e. The van der Waals surface area contributed by atoms with E-state index < -0.39 is 0 Å². The van der Waals surface area contributed by atoms with Crippen LogP contribution in [0.5, 0.6) is 11.5 Å². The molecule has 0 atom stereocenters. The van der Waals surface area contributed by atoms with Gasteiger partial charge in [-0.1, -0.05) is 30.4 Å².